The Hall–Kier alpha value is -0.860. The second-order valence-electron chi connectivity index (χ2n) is 6.25. The summed E-state index contributed by atoms with van der Waals surface area (Å²) in [4.78, 5) is 0. The van der Waals surface area contributed by atoms with E-state index in [1.807, 2.05) is 0 Å². The SMILES string of the molecule is CCCCCCCCC(O)CC1OCCc2ccccc21. The van der Waals surface area contributed by atoms with Crippen molar-refractivity contribution in [2.75, 3.05) is 6.61 Å². The molecule has 1 aromatic carbocycles. The molecule has 0 fully saturated rings. The van der Waals surface area contributed by atoms with Gasteiger partial charge in [0.1, 0.15) is 0 Å². The molecule has 0 spiro atoms. The third kappa shape index (κ3) is 5.44. The van der Waals surface area contributed by atoms with Crippen molar-refractivity contribution in [2.24, 2.45) is 0 Å². The molecule has 1 N–H and O–H groups in total. The summed E-state index contributed by atoms with van der Waals surface area (Å²) >= 11 is 0. The van der Waals surface area contributed by atoms with Crippen molar-refractivity contribution in [1.82, 2.24) is 0 Å². The Morgan fingerprint density at radius 3 is 2.76 bits per heavy atom. The van der Waals surface area contributed by atoms with Crippen LogP contribution in [0.4, 0.5) is 0 Å². The topological polar surface area (TPSA) is 29.5 Å². The number of fused-ring (bicyclic) bond motifs is 1. The van der Waals surface area contributed by atoms with E-state index in [2.05, 4.69) is 31.2 Å². The first kappa shape index (κ1) is 16.5. The molecule has 0 saturated carbocycles. The fraction of sp³-hybridized carbons (Fsp3) is 0.684. The average Bonchev–Trinajstić information content (AvgIpc) is 2.51. The van der Waals surface area contributed by atoms with Gasteiger partial charge in [-0.2, -0.15) is 0 Å². The van der Waals surface area contributed by atoms with E-state index < -0.39 is 0 Å². The highest BCUT2D eigenvalue weighted by Gasteiger charge is 2.22. The number of hydrogen-bond acceptors (Lipinski definition) is 2. The van der Waals surface area contributed by atoms with Crippen LogP contribution in [-0.4, -0.2) is 17.8 Å². The summed E-state index contributed by atoms with van der Waals surface area (Å²) in [6.07, 6.45) is 10.2. The van der Waals surface area contributed by atoms with Gasteiger partial charge < -0.3 is 9.84 Å². The van der Waals surface area contributed by atoms with Gasteiger partial charge in [0.25, 0.3) is 0 Å². The summed E-state index contributed by atoms with van der Waals surface area (Å²) in [5.41, 5.74) is 2.67. The molecule has 2 heteroatoms. The van der Waals surface area contributed by atoms with Crippen molar-refractivity contribution in [1.29, 1.82) is 0 Å². The lowest BCUT2D eigenvalue weighted by molar-refractivity contribution is 0.00200. The molecule has 0 saturated heterocycles. The first-order valence-electron chi connectivity index (χ1n) is 8.68. The molecule has 0 bridgehead atoms. The number of rotatable bonds is 9. The maximum atomic E-state index is 10.2. The van der Waals surface area contributed by atoms with E-state index in [4.69, 9.17) is 4.74 Å². The lowest BCUT2D eigenvalue weighted by Gasteiger charge is -2.27. The number of benzene rings is 1. The van der Waals surface area contributed by atoms with Gasteiger partial charge in [-0.3, -0.25) is 0 Å². The minimum Gasteiger partial charge on any atom is -0.393 e. The van der Waals surface area contributed by atoms with Crippen molar-refractivity contribution >= 4 is 0 Å². The average molecular weight is 290 g/mol. The van der Waals surface area contributed by atoms with Crippen LogP contribution in [0.25, 0.3) is 0 Å². The maximum absolute atomic E-state index is 10.2. The van der Waals surface area contributed by atoms with Crippen molar-refractivity contribution in [3.63, 3.8) is 0 Å². The summed E-state index contributed by atoms with van der Waals surface area (Å²) in [6, 6.07) is 8.50. The molecule has 1 heterocycles. The smallest absolute Gasteiger partial charge is 0.0852 e. The molecule has 118 valence electrons. The molecule has 2 nitrogen and oxygen atoms in total. The zero-order chi connectivity index (χ0) is 14.9. The maximum Gasteiger partial charge on any atom is 0.0852 e. The predicted octanol–water partition coefficient (Wildman–Crippen LogP) is 4.80. The second kappa shape index (κ2) is 9.22. The second-order valence-corrected chi connectivity index (χ2v) is 6.25. The highest BCUT2D eigenvalue weighted by Crippen LogP contribution is 2.31. The number of ether oxygens (including phenoxy) is 1. The van der Waals surface area contributed by atoms with Crippen molar-refractivity contribution in [3.8, 4) is 0 Å². The van der Waals surface area contributed by atoms with Gasteiger partial charge in [-0.1, -0.05) is 69.7 Å². The van der Waals surface area contributed by atoms with Gasteiger partial charge in [-0.15, -0.1) is 0 Å². The van der Waals surface area contributed by atoms with Crippen LogP contribution >= 0.6 is 0 Å². The van der Waals surface area contributed by atoms with Crippen LogP contribution in [0.2, 0.25) is 0 Å². The zero-order valence-corrected chi connectivity index (χ0v) is 13.4. The number of aliphatic hydroxyl groups excluding tert-OH is 1. The Kier molecular flexibility index (Phi) is 7.25. The Morgan fingerprint density at radius 2 is 1.90 bits per heavy atom. The van der Waals surface area contributed by atoms with Crippen LogP contribution in [-0.2, 0) is 11.2 Å². The van der Waals surface area contributed by atoms with E-state index in [1.54, 1.807) is 0 Å². The van der Waals surface area contributed by atoms with E-state index in [0.29, 0.717) is 0 Å². The number of unbranched alkanes of at least 4 members (excludes halogenated alkanes) is 5. The van der Waals surface area contributed by atoms with Gasteiger partial charge in [0, 0.05) is 6.42 Å². The van der Waals surface area contributed by atoms with Gasteiger partial charge in [-0.05, 0) is 24.0 Å². The van der Waals surface area contributed by atoms with Crippen LogP contribution in [0.1, 0.15) is 75.5 Å². The summed E-state index contributed by atoms with van der Waals surface area (Å²) < 4.78 is 5.87. The molecular weight excluding hydrogens is 260 g/mol. The molecule has 0 amide bonds. The highest BCUT2D eigenvalue weighted by atomic mass is 16.5. The van der Waals surface area contributed by atoms with Gasteiger partial charge in [0.05, 0.1) is 18.8 Å². The summed E-state index contributed by atoms with van der Waals surface area (Å²) in [7, 11) is 0. The monoisotopic (exact) mass is 290 g/mol. The largest absolute Gasteiger partial charge is 0.393 e. The molecule has 1 aliphatic heterocycles. The van der Waals surface area contributed by atoms with Gasteiger partial charge >= 0.3 is 0 Å². The molecule has 2 unspecified atom stereocenters. The highest BCUT2D eigenvalue weighted by molar-refractivity contribution is 5.30. The van der Waals surface area contributed by atoms with E-state index in [1.165, 1.54) is 43.2 Å². The predicted molar refractivity (Wildman–Crippen MR) is 87.5 cm³/mol. The van der Waals surface area contributed by atoms with E-state index >= 15 is 0 Å². The van der Waals surface area contributed by atoms with E-state index in [9.17, 15) is 5.11 Å². The Morgan fingerprint density at radius 1 is 1.14 bits per heavy atom. The zero-order valence-electron chi connectivity index (χ0n) is 13.4. The van der Waals surface area contributed by atoms with Crippen molar-refractivity contribution < 1.29 is 9.84 Å². The van der Waals surface area contributed by atoms with Crippen LogP contribution < -0.4 is 0 Å². The van der Waals surface area contributed by atoms with Crippen molar-refractivity contribution in [2.45, 2.75) is 76.9 Å². The van der Waals surface area contributed by atoms with Crippen LogP contribution in [0.15, 0.2) is 24.3 Å². The van der Waals surface area contributed by atoms with E-state index in [0.717, 1.165) is 32.3 Å². The third-order valence-corrected chi connectivity index (χ3v) is 4.47. The van der Waals surface area contributed by atoms with E-state index in [-0.39, 0.29) is 12.2 Å². The standard InChI is InChI=1S/C19H30O2/c1-2-3-4-5-6-7-11-17(20)15-19-18-12-9-8-10-16(18)13-14-21-19/h8-10,12,17,19-20H,2-7,11,13-15H2,1H3. The molecule has 0 radical (unpaired) electrons. The van der Waals surface area contributed by atoms with Crippen LogP contribution in [0.3, 0.4) is 0 Å². The summed E-state index contributed by atoms with van der Waals surface area (Å²) in [5.74, 6) is 0. The summed E-state index contributed by atoms with van der Waals surface area (Å²) in [6.45, 7) is 3.02. The molecule has 2 atom stereocenters. The Labute approximate surface area is 129 Å². The van der Waals surface area contributed by atoms with Crippen LogP contribution in [0.5, 0.6) is 0 Å². The lowest BCUT2D eigenvalue weighted by Crippen LogP contribution is -2.21. The van der Waals surface area contributed by atoms with Gasteiger partial charge in [0.2, 0.25) is 0 Å². The van der Waals surface area contributed by atoms with Gasteiger partial charge in [0.15, 0.2) is 0 Å². The molecule has 0 aromatic heterocycles. The first-order valence-corrected chi connectivity index (χ1v) is 8.68. The fourth-order valence-corrected chi connectivity index (χ4v) is 3.20. The molecule has 1 aromatic rings. The lowest BCUT2D eigenvalue weighted by atomic mass is 9.93. The molecular formula is C19H30O2. The molecule has 0 aliphatic carbocycles. The van der Waals surface area contributed by atoms with Crippen LogP contribution in [0, 0.1) is 0 Å². The number of aliphatic hydroxyl groups is 1. The molecule has 2 rings (SSSR count). The molecule has 1 aliphatic rings. The minimum atomic E-state index is -0.229. The molecule has 21 heavy (non-hydrogen) atoms. The van der Waals surface area contributed by atoms with Gasteiger partial charge in [-0.25, -0.2) is 0 Å². The fourth-order valence-electron chi connectivity index (χ4n) is 3.20. The normalized spacial score (nSPS) is 19.2. The quantitative estimate of drug-likeness (QED) is 0.662. The Balaban J connectivity index is 1.70. The first-order chi connectivity index (χ1) is 10.3. The Bertz CT molecular complexity index is 402. The minimum absolute atomic E-state index is 0.0880. The number of hydrogen-bond donors (Lipinski definition) is 1. The van der Waals surface area contributed by atoms with Crippen molar-refractivity contribution in [3.05, 3.63) is 35.4 Å². The third-order valence-electron chi connectivity index (χ3n) is 4.47. The summed E-state index contributed by atoms with van der Waals surface area (Å²) in [5, 5.41) is 10.2.